The van der Waals surface area contributed by atoms with Gasteiger partial charge in [-0.25, -0.2) is 4.79 Å². The van der Waals surface area contributed by atoms with Crippen molar-refractivity contribution in [3.63, 3.8) is 0 Å². The number of esters is 1. The van der Waals surface area contributed by atoms with Gasteiger partial charge in [-0.1, -0.05) is 37.3 Å². The SMILES string of the molecule is C=CCC1=C2O[C@@H](c3ccccc3C(=O)OC)[C@](Cl)([N+](=O)[O-])[C@@H](O)C2=CC[C@H]1C. The highest BCUT2D eigenvalue weighted by molar-refractivity contribution is 6.24. The number of hydrogen-bond acceptors (Lipinski definition) is 6. The number of alkyl halides is 1. The van der Waals surface area contributed by atoms with E-state index >= 15 is 0 Å². The lowest BCUT2D eigenvalue weighted by atomic mass is 9.79. The summed E-state index contributed by atoms with van der Waals surface area (Å²) in [5, 5.41) is 23.0. The average Bonchev–Trinajstić information content (AvgIpc) is 2.72. The molecule has 0 bridgehead atoms. The van der Waals surface area contributed by atoms with Gasteiger partial charge in [-0.2, -0.15) is 0 Å². The number of halogens is 1. The lowest BCUT2D eigenvalue weighted by Crippen LogP contribution is -2.55. The zero-order chi connectivity index (χ0) is 21.3. The fraction of sp³-hybridized carbons (Fsp3) is 0.381. The first-order valence-electron chi connectivity index (χ1n) is 9.17. The summed E-state index contributed by atoms with van der Waals surface area (Å²) in [5.74, 6) is -0.201. The van der Waals surface area contributed by atoms with Crippen molar-refractivity contribution < 1.29 is 24.3 Å². The van der Waals surface area contributed by atoms with E-state index in [4.69, 9.17) is 21.1 Å². The third kappa shape index (κ3) is 3.34. The van der Waals surface area contributed by atoms with E-state index < -0.39 is 28.1 Å². The second-order valence-electron chi connectivity index (χ2n) is 7.11. The molecule has 1 aromatic carbocycles. The lowest BCUT2D eigenvalue weighted by Gasteiger charge is -2.42. The molecule has 0 radical (unpaired) electrons. The third-order valence-corrected chi connectivity index (χ3v) is 5.96. The zero-order valence-corrected chi connectivity index (χ0v) is 16.9. The molecule has 1 fully saturated rings. The first-order chi connectivity index (χ1) is 13.8. The zero-order valence-electron chi connectivity index (χ0n) is 16.1. The molecule has 1 aliphatic carbocycles. The molecule has 0 unspecified atom stereocenters. The summed E-state index contributed by atoms with van der Waals surface area (Å²) in [6.07, 6.45) is 1.48. The van der Waals surface area contributed by atoms with Crippen molar-refractivity contribution in [3.05, 3.63) is 81.1 Å². The van der Waals surface area contributed by atoms with Crippen LogP contribution in [0.1, 0.15) is 41.8 Å². The maximum atomic E-state index is 12.3. The van der Waals surface area contributed by atoms with E-state index in [-0.39, 0.29) is 17.0 Å². The Morgan fingerprint density at radius 2 is 2.21 bits per heavy atom. The molecule has 0 saturated carbocycles. The first kappa shape index (κ1) is 21.1. The Morgan fingerprint density at radius 3 is 2.83 bits per heavy atom. The summed E-state index contributed by atoms with van der Waals surface area (Å²) >= 11 is 6.45. The molecule has 3 rings (SSSR count). The van der Waals surface area contributed by atoms with Crippen LogP contribution in [0.15, 0.2) is 59.9 Å². The van der Waals surface area contributed by atoms with Crippen LogP contribution in [0.3, 0.4) is 0 Å². The number of fused-ring (bicyclic) bond motifs is 1. The van der Waals surface area contributed by atoms with Gasteiger partial charge in [0.15, 0.2) is 6.10 Å². The number of ether oxygens (including phenoxy) is 2. The van der Waals surface area contributed by atoms with Crippen molar-refractivity contribution in [1.29, 1.82) is 0 Å². The number of allylic oxidation sites excluding steroid dienone is 3. The molecular formula is C21H22ClNO6. The Balaban J connectivity index is 2.24. The first-order valence-corrected chi connectivity index (χ1v) is 9.54. The van der Waals surface area contributed by atoms with Gasteiger partial charge in [0.1, 0.15) is 5.76 Å². The number of nitrogens with zero attached hydrogens (tertiary/aromatic N) is 1. The summed E-state index contributed by atoms with van der Waals surface area (Å²) in [5.41, 5.74) is 1.42. The Labute approximate surface area is 173 Å². The standard InChI is InChI=1S/C21H22ClNO6/c1-4-7-13-12(2)10-11-16-17(13)29-19(21(22,18(16)24)23(26)27)14-8-5-6-9-15(14)20(25)28-3/h4-6,8-9,11-12,18-19,24H,1,7,10H2,2-3H3/t12-,18+,19+,21-/m1/s1. The molecule has 0 spiro atoms. The Morgan fingerprint density at radius 1 is 1.52 bits per heavy atom. The molecule has 1 N–H and O–H groups in total. The van der Waals surface area contributed by atoms with Crippen molar-refractivity contribution in [1.82, 2.24) is 0 Å². The molecule has 1 heterocycles. The van der Waals surface area contributed by atoms with Gasteiger partial charge in [-0.05, 0) is 42.0 Å². The molecule has 4 atom stereocenters. The number of benzene rings is 1. The molecule has 2 aliphatic rings. The van der Waals surface area contributed by atoms with Gasteiger partial charge in [0.25, 0.3) is 0 Å². The number of rotatable bonds is 5. The Hall–Kier alpha value is -2.64. The van der Waals surface area contributed by atoms with Crippen LogP contribution in [-0.2, 0) is 9.47 Å². The van der Waals surface area contributed by atoms with E-state index in [9.17, 15) is 20.0 Å². The van der Waals surface area contributed by atoms with E-state index in [1.807, 2.05) is 6.92 Å². The van der Waals surface area contributed by atoms with Crippen LogP contribution in [0.2, 0.25) is 0 Å². The smallest absolute Gasteiger partial charge is 0.364 e. The second-order valence-corrected chi connectivity index (χ2v) is 7.71. The second kappa shape index (κ2) is 8.00. The lowest BCUT2D eigenvalue weighted by molar-refractivity contribution is -0.569. The number of carbonyl (C=O) groups excluding carboxylic acids is 1. The van der Waals surface area contributed by atoms with E-state index in [0.717, 1.165) is 5.57 Å². The van der Waals surface area contributed by atoms with Crippen LogP contribution in [-0.4, -0.2) is 34.2 Å². The number of methoxy groups -OCH3 is 1. The van der Waals surface area contributed by atoms with Gasteiger partial charge in [0, 0.05) is 11.1 Å². The van der Waals surface area contributed by atoms with Crippen LogP contribution in [0.25, 0.3) is 0 Å². The van der Waals surface area contributed by atoms with Crippen LogP contribution in [0.4, 0.5) is 0 Å². The maximum absolute atomic E-state index is 12.3. The van der Waals surface area contributed by atoms with Crippen LogP contribution < -0.4 is 0 Å². The van der Waals surface area contributed by atoms with E-state index in [2.05, 4.69) is 6.58 Å². The Kier molecular flexibility index (Phi) is 5.82. The van der Waals surface area contributed by atoms with Crippen molar-refractivity contribution in [2.24, 2.45) is 5.92 Å². The van der Waals surface area contributed by atoms with E-state index in [1.165, 1.54) is 19.2 Å². The molecule has 8 heteroatoms. The van der Waals surface area contributed by atoms with Gasteiger partial charge >= 0.3 is 11.0 Å². The molecule has 1 saturated heterocycles. The highest BCUT2D eigenvalue weighted by Crippen LogP contribution is 2.52. The molecule has 154 valence electrons. The molecule has 1 aliphatic heterocycles. The number of carbonyl (C=O) groups is 1. The maximum Gasteiger partial charge on any atom is 0.364 e. The van der Waals surface area contributed by atoms with Gasteiger partial charge in [-0.15, -0.1) is 6.58 Å². The highest BCUT2D eigenvalue weighted by Gasteiger charge is 2.63. The van der Waals surface area contributed by atoms with Crippen molar-refractivity contribution >= 4 is 17.6 Å². The quantitative estimate of drug-likeness (QED) is 0.194. The molecule has 7 nitrogen and oxygen atoms in total. The molecule has 29 heavy (non-hydrogen) atoms. The Bertz CT molecular complexity index is 924. The third-order valence-electron chi connectivity index (χ3n) is 5.41. The monoisotopic (exact) mass is 419 g/mol. The van der Waals surface area contributed by atoms with Gasteiger partial charge in [-0.3, -0.25) is 10.1 Å². The van der Waals surface area contributed by atoms with Crippen molar-refractivity contribution in [3.8, 4) is 0 Å². The predicted octanol–water partition coefficient (Wildman–Crippen LogP) is 3.91. The van der Waals surface area contributed by atoms with Crippen LogP contribution in [0.5, 0.6) is 0 Å². The normalized spacial score (nSPS) is 28.7. The summed E-state index contributed by atoms with van der Waals surface area (Å²) in [7, 11) is 1.21. The van der Waals surface area contributed by atoms with Gasteiger partial charge in [0.2, 0.25) is 6.10 Å². The minimum absolute atomic E-state index is 0.0845. The van der Waals surface area contributed by atoms with Crippen molar-refractivity contribution in [2.45, 2.75) is 37.0 Å². The summed E-state index contributed by atoms with van der Waals surface area (Å²) in [6.45, 7) is 5.76. The summed E-state index contributed by atoms with van der Waals surface area (Å²) < 4.78 is 10.9. The van der Waals surface area contributed by atoms with E-state index in [1.54, 1.807) is 24.3 Å². The minimum atomic E-state index is -2.42. The minimum Gasteiger partial charge on any atom is -0.476 e. The predicted molar refractivity (Wildman–Crippen MR) is 107 cm³/mol. The largest absolute Gasteiger partial charge is 0.476 e. The molecular weight excluding hydrogens is 398 g/mol. The summed E-state index contributed by atoms with van der Waals surface area (Å²) in [6, 6.07) is 6.21. The van der Waals surface area contributed by atoms with Crippen molar-refractivity contribution in [2.75, 3.05) is 7.11 Å². The van der Waals surface area contributed by atoms with Crippen LogP contribution in [0, 0.1) is 16.0 Å². The topological polar surface area (TPSA) is 98.9 Å². The summed E-state index contributed by atoms with van der Waals surface area (Å²) in [4.78, 5) is 21.1. The number of aliphatic hydroxyl groups is 1. The number of nitro groups is 1. The highest BCUT2D eigenvalue weighted by atomic mass is 35.5. The molecule has 1 aromatic rings. The van der Waals surface area contributed by atoms with Gasteiger partial charge in [0.05, 0.1) is 17.6 Å². The number of aliphatic hydroxyl groups excluding tert-OH is 1. The fourth-order valence-corrected chi connectivity index (χ4v) is 4.12. The van der Waals surface area contributed by atoms with E-state index in [0.29, 0.717) is 24.2 Å². The number of hydrogen-bond donors (Lipinski definition) is 1. The van der Waals surface area contributed by atoms with Crippen LogP contribution >= 0.6 is 11.6 Å². The fourth-order valence-electron chi connectivity index (χ4n) is 3.84. The average molecular weight is 420 g/mol. The molecule has 0 amide bonds. The molecule has 0 aromatic heterocycles. The van der Waals surface area contributed by atoms with Gasteiger partial charge < -0.3 is 14.6 Å².